The van der Waals surface area contributed by atoms with Crippen LogP contribution in [0.1, 0.15) is 25.1 Å². The van der Waals surface area contributed by atoms with E-state index in [1.165, 1.54) is 5.56 Å². The van der Waals surface area contributed by atoms with Gasteiger partial charge in [0.05, 0.1) is 28.0 Å². The number of fused-ring (bicyclic) bond motifs is 6. The molecule has 49 heavy (non-hydrogen) atoms. The van der Waals surface area contributed by atoms with Gasteiger partial charge < -0.3 is 8.98 Å². The summed E-state index contributed by atoms with van der Waals surface area (Å²) in [6.07, 6.45) is 5.01. The molecule has 0 spiro atoms. The number of aryl methyl sites for hydroxylation is 2. The van der Waals surface area contributed by atoms with Gasteiger partial charge in [-0.2, -0.15) is 0 Å². The number of nitrogens with zero attached hydrogens (tertiary/aromatic N) is 5. The average molecular weight is 883 g/mol. The Morgan fingerprint density at radius 3 is 2.45 bits per heavy atom. The van der Waals surface area contributed by atoms with Gasteiger partial charge in [0.2, 0.25) is 5.71 Å². The van der Waals surface area contributed by atoms with Crippen LogP contribution in [0.25, 0.3) is 66.7 Å². The van der Waals surface area contributed by atoms with E-state index in [0.717, 1.165) is 73.1 Å². The normalized spacial score (nSPS) is 11.7. The molecule has 0 N–H and O–H groups in total. The van der Waals surface area contributed by atoms with E-state index in [0.29, 0.717) is 11.6 Å². The van der Waals surface area contributed by atoms with Gasteiger partial charge in [-0.15, -0.1) is 18.2 Å². The molecule has 6 nitrogen and oxygen atoms in total. The third-order valence-corrected chi connectivity index (χ3v) is 13.0. The zero-order valence-electron chi connectivity index (χ0n) is 28.9. The standard InChI is InChI=1S/C23H15N4O.C18H24GeN.Ir/c1-13-8-9-14-10-11-18-20(19(14)25-13)27(2)22(26-18)17-6-3-5-15-16-7-4-12-24-23(16)28-21(15)17;1-14(2)11-16-12-18(15-9-7-6-8-10-15)20-13-17(16)19(3,4)5;/h3-5,7-12H,1-2H3;6-9,12-14H,11H2,1-5H3;/q2*-1;. The van der Waals surface area contributed by atoms with E-state index in [2.05, 4.69) is 83.3 Å². The Hall–Kier alpha value is -4.17. The van der Waals surface area contributed by atoms with E-state index in [4.69, 9.17) is 19.4 Å². The summed E-state index contributed by atoms with van der Waals surface area (Å²) in [6.45, 7) is 6.58. The Morgan fingerprint density at radius 2 is 1.69 bits per heavy atom. The molecule has 8 aromatic rings. The summed E-state index contributed by atoms with van der Waals surface area (Å²) in [5.74, 6) is 8.79. The first kappa shape index (κ1) is 34.7. The van der Waals surface area contributed by atoms with E-state index in [1.807, 2.05) is 68.6 Å². The van der Waals surface area contributed by atoms with Crippen molar-refractivity contribution in [2.24, 2.45) is 13.0 Å². The maximum absolute atomic E-state index is 6.08. The molecule has 0 amide bonds. The number of furan rings is 1. The minimum absolute atomic E-state index is 0. The van der Waals surface area contributed by atoms with Crippen LogP contribution in [0.2, 0.25) is 17.3 Å². The number of rotatable bonds is 5. The fourth-order valence-electron chi connectivity index (χ4n) is 6.42. The predicted molar refractivity (Wildman–Crippen MR) is 200 cm³/mol. The second kappa shape index (κ2) is 14.0. The van der Waals surface area contributed by atoms with Crippen LogP contribution in [0.15, 0.2) is 95.7 Å². The molecule has 1 radical (unpaired) electrons. The SMILES string of the molecule is CC(C)Cc1cc(-c2[c-]cccc2)nc[c]1[Ge]([CH3])([CH3])[CH3].Cc1ccc2ccc3nc(-c4[c-]ccc5c4oc4ncccc45)n(C)c3c2n1.[Ir]. The van der Waals surface area contributed by atoms with E-state index >= 15 is 0 Å². The van der Waals surface area contributed by atoms with Crippen molar-refractivity contribution in [3.63, 3.8) is 0 Å². The zero-order valence-corrected chi connectivity index (χ0v) is 33.4. The first-order valence-electron chi connectivity index (χ1n) is 16.5. The van der Waals surface area contributed by atoms with E-state index in [1.54, 1.807) is 10.6 Å². The van der Waals surface area contributed by atoms with Crippen LogP contribution in [0, 0.1) is 25.0 Å². The van der Waals surface area contributed by atoms with Crippen molar-refractivity contribution < 1.29 is 24.5 Å². The number of imidazole rings is 1. The third kappa shape index (κ3) is 6.85. The van der Waals surface area contributed by atoms with Crippen LogP contribution in [0.5, 0.6) is 0 Å². The van der Waals surface area contributed by atoms with Crippen LogP contribution in [0.4, 0.5) is 0 Å². The molecule has 0 aliphatic carbocycles. The molecule has 8 heteroatoms. The van der Waals surface area contributed by atoms with Crippen molar-refractivity contribution in [3.8, 4) is 22.6 Å². The Balaban J connectivity index is 0.000000177. The summed E-state index contributed by atoms with van der Waals surface area (Å²) in [7, 11) is 2.02. The van der Waals surface area contributed by atoms with Crippen LogP contribution >= 0.6 is 0 Å². The van der Waals surface area contributed by atoms with E-state index in [-0.39, 0.29) is 20.1 Å². The van der Waals surface area contributed by atoms with Crippen molar-refractivity contribution >= 4 is 61.7 Å². The molecule has 5 aromatic heterocycles. The van der Waals surface area contributed by atoms with Crippen molar-refractivity contribution in [1.82, 2.24) is 24.5 Å². The van der Waals surface area contributed by atoms with Gasteiger partial charge in [-0.1, -0.05) is 23.1 Å². The number of hydrogen-bond acceptors (Lipinski definition) is 5. The first-order valence-corrected chi connectivity index (χ1v) is 23.8. The predicted octanol–water partition coefficient (Wildman–Crippen LogP) is 9.48. The van der Waals surface area contributed by atoms with Crippen LogP contribution in [-0.4, -0.2) is 37.8 Å². The molecule has 0 unspecified atom stereocenters. The number of aromatic nitrogens is 5. The fourth-order valence-corrected chi connectivity index (χ4v) is 9.76. The molecule has 5 heterocycles. The van der Waals surface area contributed by atoms with Crippen molar-refractivity contribution in [2.75, 3.05) is 0 Å². The topological polar surface area (TPSA) is 69.6 Å². The minimum atomic E-state index is -1.86. The van der Waals surface area contributed by atoms with Gasteiger partial charge in [-0.05, 0) is 31.2 Å². The monoisotopic (exact) mass is 884 g/mol. The zero-order chi connectivity index (χ0) is 33.6. The summed E-state index contributed by atoms with van der Waals surface area (Å²) >= 11 is -1.86. The summed E-state index contributed by atoms with van der Waals surface area (Å²) in [5, 5.41) is 3.11. The summed E-state index contributed by atoms with van der Waals surface area (Å²) < 4.78 is 9.70. The van der Waals surface area contributed by atoms with E-state index < -0.39 is 13.3 Å². The molecule has 249 valence electrons. The molecule has 0 saturated carbocycles. The fraction of sp³-hybridized carbons (Fsp3) is 0.220. The van der Waals surface area contributed by atoms with E-state index in [9.17, 15) is 0 Å². The van der Waals surface area contributed by atoms with Gasteiger partial charge in [0.1, 0.15) is 0 Å². The van der Waals surface area contributed by atoms with Gasteiger partial charge in [0, 0.05) is 49.8 Å². The van der Waals surface area contributed by atoms with Gasteiger partial charge in [-0.3, -0.25) is 9.97 Å². The molecule has 8 rings (SSSR count). The smallest absolute Gasteiger partial charge is 0.216 e. The quantitative estimate of drug-likeness (QED) is 0.127. The molecule has 0 fully saturated rings. The molecule has 0 bridgehead atoms. The Labute approximate surface area is 303 Å². The molecule has 0 atom stereocenters. The molecular formula is C41H39GeIrN5O-2. The maximum atomic E-state index is 6.08. The average Bonchev–Trinajstić information content (AvgIpc) is 3.62. The van der Waals surface area contributed by atoms with Gasteiger partial charge in [-0.25, -0.2) is 4.98 Å². The third-order valence-electron chi connectivity index (χ3n) is 8.68. The molecule has 0 saturated heterocycles. The van der Waals surface area contributed by atoms with Crippen molar-refractivity contribution in [1.29, 1.82) is 0 Å². The Bertz CT molecular complexity index is 2430. The first-order chi connectivity index (χ1) is 23.1. The molecular weight excluding hydrogens is 843 g/mol. The largest absolute Gasteiger partial charge is 0.486 e. The van der Waals surface area contributed by atoms with Crippen LogP contribution in [-0.2, 0) is 33.6 Å². The van der Waals surface area contributed by atoms with Crippen molar-refractivity contribution in [2.45, 2.75) is 44.5 Å². The second-order valence-corrected chi connectivity index (χ2v) is 24.4. The minimum Gasteiger partial charge on any atom is -0.486 e. The summed E-state index contributed by atoms with van der Waals surface area (Å²) in [5.41, 5.74) is 9.70. The van der Waals surface area contributed by atoms with Crippen LogP contribution < -0.4 is 4.40 Å². The molecule has 3 aromatic carbocycles. The number of hydrogen-bond donors (Lipinski definition) is 0. The van der Waals surface area contributed by atoms with Gasteiger partial charge in [0.25, 0.3) is 0 Å². The van der Waals surface area contributed by atoms with Crippen molar-refractivity contribution in [3.05, 3.63) is 115 Å². The second-order valence-electron chi connectivity index (χ2n) is 13.9. The van der Waals surface area contributed by atoms with Crippen LogP contribution in [0.3, 0.4) is 0 Å². The summed E-state index contributed by atoms with van der Waals surface area (Å²) in [4.78, 5) is 18.7. The van der Waals surface area contributed by atoms with Gasteiger partial charge >= 0.3 is 126 Å². The summed E-state index contributed by atoms with van der Waals surface area (Å²) in [6, 6.07) is 33.1. The maximum Gasteiger partial charge on any atom is 0.216 e. The Kier molecular flexibility index (Phi) is 9.90. The molecule has 0 aliphatic heterocycles. The molecule has 0 aliphatic rings. The number of pyridine rings is 3. The van der Waals surface area contributed by atoms with Gasteiger partial charge in [0.15, 0.2) is 0 Å². The number of benzene rings is 3. The Morgan fingerprint density at radius 1 is 0.878 bits per heavy atom.